The molecule has 2 aromatic carbocycles. The van der Waals surface area contributed by atoms with Gasteiger partial charge in [0.05, 0.1) is 5.39 Å². The molecular weight excluding hydrogens is 384 g/mol. The Morgan fingerprint density at radius 2 is 1.90 bits per heavy atom. The van der Waals surface area contributed by atoms with Crippen molar-refractivity contribution >= 4 is 46.1 Å². The third-order valence-electron chi connectivity index (χ3n) is 4.30. The smallest absolute Gasteiger partial charge is 0.221 e. The van der Waals surface area contributed by atoms with Gasteiger partial charge >= 0.3 is 0 Å². The van der Waals surface area contributed by atoms with Crippen molar-refractivity contribution in [3.05, 3.63) is 61.1 Å². The zero-order chi connectivity index (χ0) is 20.2. The largest absolute Gasteiger partial charge is 0.345 e. The summed E-state index contributed by atoms with van der Waals surface area (Å²) in [5, 5.41) is 7.10. The van der Waals surface area contributed by atoms with E-state index in [9.17, 15) is 4.79 Å². The number of aromatic amines is 1. The topological polar surface area (TPSA) is 94.7 Å². The van der Waals surface area contributed by atoms with Crippen LogP contribution in [0.15, 0.2) is 66.0 Å². The van der Waals surface area contributed by atoms with Crippen LogP contribution in [0.1, 0.15) is 6.92 Å². The number of fused-ring (bicyclic) bond motifs is 1. The maximum absolute atomic E-state index is 11.2. The van der Waals surface area contributed by atoms with Crippen LogP contribution in [0, 0.1) is 0 Å². The summed E-state index contributed by atoms with van der Waals surface area (Å²) in [7, 11) is 1.89. The molecule has 29 heavy (non-hydrogen) atoms. The molecule has 0 fully saturated rings. The number of nitrogens with one attached hydrogen (secondary N) is 4. The fraction of sp³-hybridized carbons (Fsp3) is 0.0952. The molecule has 0 spiro atoms. The first kappa shape index (κ1) is 19.0. The summed E-state index contributed by atoms with van der Waals surface area (Å²) in [5.41, 5.74) is 4.44. The lowest BCUT2D eigenvalue weighted by atomic mass is 10.1. The monoisotopic (exact) mass is 404 g/mol. The predicted molar refractivity (Wildman–Crippen MR) is 118 cm³/mol. The highest BCUT2D eigenvalue weighted by Gasteiger charge is 2.13. The van der Waals surface area contributed by atoms with Crippen LogP contribution in [-0.2, 0) is 4.79 Å². The van der Waals surface area contributed by atoms with E-state index in [0.717, 1.165) is 44.2 Å². The number of benzene rings is 2. The quantitative estimate of drug-likeness (QED) is 0.352. The number of carbonyl (C=O) groups is 1. The maximum atomic E-state index is 11.2. The van der Waals surface area contributed by atoms with E-state index in [1.54, 1.807) is 11.9 Å². The lowest BCUT2D eigenvalue weighted by Gasteiger charge is -2.10. The normalized spacial score (nSPS) is 10.8. The molecule has 4 aromatic rings. The Bertz CT molecular complexity index is 1160. The minimum absolute atomic E-state index is 0.0941. The summed E-state index contributed by atoms with van der Waals surface area (Å²) in [5.74, 6) is 0.632. The number of rotatable bonds is 6. The average Bonchev–Trinajstić information content (AvgIpc) is 3.14. The van der Waals surface area contributed by atoms with E-state index in [0.29, 0.717) is 0 Å². The van der Waals surface area contributed by atoms with E-state index >= 15 is 0 Å². The van der Waals surface area contributed by atoms with E-state index in [2.05, 4.69) is 36.4 Å². The lowest BCUT2D eigenvalue weighted by molar-refractivity contribution is -0.114. The molecule has 0 aliphatic rings. The van der Waals surface area contributed by atoms with Gasteiger partial charge in [-0.2, -0.15) is 0 Å². The second-order valence-corrected chi connectivity index (χ2v) is 7.45. The Morgan fingerprint density at radius 1 is 1.07 bits per heavy atom. The maximum Gasteiger partial charge on any atom is 0.221 e. The molecule has 1 amide bonds. The number of aromatic nitrogens is 3. The van der Waals surface area contributed by atoms with E-state index < -0.39 is 0 Å². The van der Waals surface area contributed by atoms with Gasteiger partial charge in [0, 0.05) is 35.0 Å². The molecule has 0 bridgehead atoms. The highest BCUT2D eigenvalue weighted by molar-refractivity contribution is 7.97. The number of carbonyl (C=O) groups excluding carboxylic acids is 1. The lowest BCUT2D eigenvalue weighted by Crippen LogP contribution is -2.05. The Morgan fingerprint density at radius 3 is 2.66 bits per heavy atom. The molecule has 0 saturated carbocycles. The summed E-state index contributed by atoms with van der Waals surface area (Å²) in [6.07, 6.45) is 3.46. The van der Waals surface area contributed by atoms with E-state index in [1.807, 2.05) is 55.7 Å². The summed E-state index contributed by atoms with van der Waals surface area (Å²) >= 11 is 1.55. The van der Waals surface area contributed by atoms with Crippen LogP contribution in [-0.4, -0.2) is 27.9 Å². The molecule has 2 heterocycles. The van der Waals surface area contributed by atoms with Crippen molar-refractivity contribution in [3.8, 4) is 11.1 Å². The van der Waals surface area contributed by atoms with Crippen molar-refractivity contribution in [3.63, 3.8) is 0 Å². The van der Waals surface area contributed by atoms with Crippen LogP contribution >= 0.6 is 11.9 Å². The molecule has 0 aliphatic carbocycles. The van der Waals surface area contributed by atoms with Crippen LogP contribution in [0.5, 0.6) is 0 Å². The third-order valence-corrected chi connectivity index (χ3v) is 5.00. The molecule has 0 radical (unpaired) electrons. The summed E-state index contributed by atoms with van der Waals surface area (Å²) in [6, 6.07) is 15.8. The Kier molecular flexibility index (Phi) is 5.46. The van der Waals surface area contributed by atoms with Crippen molar-refractivity contribution in [2.75, 3.05) is 17.7 Å². The summed E-state index contributed by atoms with van der Waals surface area (Å²) in [4.78, 5) is 24.4. The van der Waals surface area contributed by atoms with Crippen LogP contribution in [0.4, 0.5) is 17.2 Å². The third kappa shape index (κ3) is 4.23. The van der Waals surface area contributed by atoms with E-state index in [1.165, 1.54) is 13.3 Å². The van der Waals surface area contributed by atoms with Crippen molar-refractivity contribution in [1.82, 2.24) is 19.7 Å². The highest BCUT2D eigenvalue weighted by atomic mass is 32.2. The number of nitrogens with zero attached hydrogens (tertiary/aromatic N) is 2. The summed E-state index contributed by atoms with van der Waals surface area (Å²) < 4.78 is 3.08. The molecule has 2 aromatic heterocycles. The fourth-order valence-electron chi connectivity index (χ4n) is 3.11. The molecule has 0 atom stereocenters. The van der Waals surface area contributed by atoms with Crippen molar-refractivity contribution < 1.29 is 4.79 Å². The molecule has 0 aliphatic heterocycles. The van der Waals surface area contributed by atoms with Crippen LogP contribution < -0.4 is 15.4 Å². The van der Waals surface area contributed by atoms with Crippen molar-refractivity contribution in [2.45, 2.75) is 11.8 Å². The predicted octanol–water partition coefficient (Wildman–Crippen LogP) is 4.55. The first-order valence-corrected chi connectivity index (χ1v) is 9.86. The molecule has 4 N–H and O–H groups in total. The number of hydrogen-bond acceptors (Lipinski definition) is 6. The van der Waals surface area contributed by atoms with Gasteiger partial charge < -0.3 is 15.6 Å². The van der Waals surface area contributed by atoms with Gasteiger partial charge in [-0.05, 0) is 54.9 Å². The zero-order valence-electron chi connectivity index (χ0n) is 16.0. The second-order valence-electron chi connectivity index (χ2n) is 6.37. The molecule has 146 valence electrons. The van der Waals surface area contributed by atoms with Gasteiger partial charge in [0.25, 0.3) is 0 Å². The standard InChI is InChI=1S/C21H20N6OS/c1-13(28)26-15-8-6-14(7-9-15)18-11-23-20-19(18)21(25-12-24-20)27-16-4-3-5-17(10-16)29-22-2/h3-12,22H,1-2H3,(H,26,28)(H2,23,24,25,27). The van der Waals surface area contributed by atoms with Crippen LogP contribution in [0.2, 0.25) is 0 Å². The van der Waals surface area contributed by atoms with Crippen LogP contribution in [0.25, 0.3) is 22.2 Å². The SMILES string of the molecule is CNSc1cccc(Nc2ncnc3[nH]cc(-c4ccc(NC(C)=O)cc4)c23)c1. The van der Waals surface area contributed by atoms with E-state index in [-0.39, 0.29) is 5.91 Å². The highest BCUT2D eigenvalue weighted by Crippen LogP contribution is 2.34. The minimum atomic E-state index is -0.0941. The van der Waals surface area contributed by atoms with Gasteiger partial charge in [0.1, 0.15) is 17.8 Å². The number of anilines is 3. The molecule has 0 unspecified atom stereocenters. The van der Waals surface area contributed by atoms with Gasteiger partial charge in [-0.3, -0.25) is 9.52 Å². The number of hydrogen-bond donors (Lipinski definition) is 4. The van der Waals surface area contributed by atoms with Crippen molar-refractivity contribution in [2.24, 2.45) is 0 Å². The molecule has 0 saturated heterocycles. The average molecular weight is 404 g/mol. The molecule has 7 nitrogen and oxygen atoms in total. The van der Waals surface area contributed by atoms with Gasteiger partial charge in [-0.15, -0.1) is 0 Å². The van der Waals surface area contributed by atoms with Gasteiger partial charge in [0.15, 0.2) is 0 Å². The van der Waals surface area contributed by atoms with Crippen molar-refractivity contribution in [1.29, 1.82) is 0 Å². The van der Waals surface area contributed by atoms with Gasteiger partial charge in [0.2, 0.25) is 5.91 Å². The van der Waals surface area contributed by atoms with Crippen LogP contribution in [0.3, 0.4) is 0 Å². The first-order valence-electron chi connectivity index (χ1n) is 9.05. The second kappa shape index (κ2) is 8.34. The zero-order valence-corrected chi connectivity index (χ0v) is 16.8. The Labute approximate surface area is 172 Å². The first-order chi connectivity index (χ1) is 14.1. The van der Waals surface area contributed by atoms with E-state index in [4.69, 9.17) is 0 Å². The molecule has 4 rings (SSSR count). The fourth-order valence-corrected chi connectivity index (χ4v) is 3.68. The molecule has 8 heteroatoms. The Balaban J connectivity index is 1.70. The van der Waals surface area contributed by atoms with Gasteiger partial charge in [-0.25, -0.2) is 9.97 Å². The number of amides is 1. The number of H-pyrrole nitrogens is 1. The Hall–Kier alpha value is -3.36. The molecular formula is C21H20N6OS. The minimum Gasteiger partial charge on any atom is -0.345 e. The summed E-state index contributed by atoms with van der Waals surface area (Å²) in [6.45, 7) is 1.49. The van der Waals surface area contributed by atoms with Gasteiger partial charge in [-0.1, -0.05) is 18.2 Å².